The summed E-state index contributed by atoms with van der Waals surface area (Å²) in [6.45, 7) is 5.19. The van der Waals surface area contributed by atoms with Crippen LogP contribution in [0.4, 0.5) is 4.79 Å². The van der Waals surface area contributed by atoms with E-state index in [0.29, 0.717) is 0 Å². The van der Waals surface area contributed by atoms with Crippen molar-refractivity contribution < 1.29 is 19.1 Å². The molecule has 0 aliphatic heterocycles. The maximum Gasteiger partial charge on any atom is 0.419 e. The Balaban J connectivity index is 3.05. The van der Waals surface area contributed by atoms with Gasteiger partial charge in [-0.3, -0.25) is 0 Å². The Morgan fingerprint density at radius 1 is 1.35 bits per heavy atom. The number of ether oxygens (including phenoxy) is 2. The molecule has 17 heavy (non-hydrogen) atoms. The molecule has 0 fully saturated rings. The molecule has 0 unspecified atom stereocenters. The van der Waals surface area contributed by atoms with Crippen molar-refractivity contribution in [2.75, 3.05) is 7.11 Å². The molecule has 0 saturated heterocycles. The van der Waals surface area contributed by atoms with Gasteiger partial charge in [0.2, 0.25) is 0 Å². The van der Waals surface area contributed by atoms with Gasteiger partial charge < -0.3 is 9.47 Å². The highest BCUT2D eigenvalue weighted by Gasteiger charge is 2.23. The number of esters is 1. The number of hydrogen-bond donors (Lipinski definition) is 0. The van der Waals surface area contributed by atoms with Gasteiger partial charge in [-0.2, -0.15) is 0 Å². The van der Waals surface area contributed by atoms with Gasteiger partial charge in [0.1, 0.15) is 11.3 Å². The molecule has 0 aromatic carbocycles. The predicted octanol–water partition coefficient (Wildman–Crippen LogP) is 2.71. The molecule has 0 bridgehead atoms. The SMILES string of the molecule is COC(=O)c1cc(Cl)cn1C(=O)OC(C)(C)C. The summed E-state index contributed by atoms with van der Waals surface area (Å²) >= 11 is 5.75. The molecule has 0 aliphatic carbocycles. The van der Waals surface area contributed by atoms with Crippen molar-refractivity contribution in [2.45, 2.75) is 26.4 Å². The molecule has 0 aliphatic rings. The summed E-state index contributed by atoms with van der Waals surface area (Å²) in [5, 5.41) is 0.260. The van der Waals surface area contributed by atoms with Crippen LogP contribution in [0.5, 0.6) is 0 Å². The third-order valence-corrected chi connectivity index (χ3v) is 1.98. The topological polar surface area (TPSA) is 57.5 Å². The smallest absolute Gasteiger partial charge is 0.419 e. The molecule has 1 aromatic rings. The molecule has 0 radical (unpaired) electrons. The van der Waals surface area contributed by atoms with Gasteiger partial charge in [-0.15, -0.1) is 0 Å². The van der Waals surface area contributed by atoms with E-state index in [0.717, 1.165) is 4.57 Å². The molecule has 5 nitrogen and oxygen atoms in total. The number of hydrogen-bond acceptors (Lipinski definition) is 4. The minimum absolute atomic E-state index is 0.0340. The van der Waals surface area contributed by atoms with Crippen molar-refractivity contribution in [3.8, 4) is 0 Å². The second-order valence-corrected chi connectivity index (χ2v) is 4.82. The zero-order valence-electron chi connectivity index (χ0n) is 10.1. The van der Waals surface area contributed by atoms with Crippen molar-refractivity contribution >= 4 is 23.7 Å². The fourth-order valence-electron chi connectivity index (χ4n) is 1.15. The zero-order valence-corrected chi connectivity index (χ0v) is 10.9. The van der Waals surface area contributed by atoms with Gasteiger partial charge in [-0.05, 0) is 26.8 Å². The van der Waals surface area contributed by atoms with E-state index in [4.69, 9.17) is 16.3 Å². The van der Waals surface area contributed by atoms with E-state index < -0.39 is 17.7 Å². The van der Waals surface area contributed by atoms with Crippen LogP contribution >= 0.6 is 11.6 Å². The molecule has 94 valence electrons. The predicted molar refractivity (Wildman–Crippen MR) is 62.4 cm³/mol. The summed E-state index contributed by atoms with van der Waals surface area (Å²) in [5.74, 6) is -0.650. The highest BCUT2D eigenvalue weighted by Crippen LogP contribution is 2.17. The van der Waals surface area contributed by atoms with Crippen molar-refractivity contribution in [1.82, 2.24) is 4.57 Å². The van der Waals surface area contributed by atoms with Gasteiger partial charge in [-0.25, -0.2) is 14.2 Å². The van der Waals surface area contributed by atoms with E-state index in [2.05, 4.69) is 4.74 Å². The van der Waals surface area contributed by atoms with Gasteiger partial charge in [0.25, 0.3) is 0 Å². The van der Waals surface area contributed by atoms with Crippen LogP contribution in [0, 0.1) is 0 Å². The molecular formula is C11H14ClNO4. The third-order valence-electron chi connectivity index (χ3n) is 1.77. The molecule has 1 rings (SSSR count). The van der Waals surface area contributed by atoms with E-state index in [1.807, 2.05) is 0 Å². The first-order chi connectivity index (χ1) is 7.74. The normalized spacial score (nSPS) is 11.1. The van der Waals surface area contributed by atoms with Gasteiger partial charge in [0.15, 0.2) is 0 Å². The van der Waals surface area contributed by atoms with Crippen molar-refractivity contribution in [3.63, 3.8) is 0 Å². The molecule has 0 saturated carbocycles. The van der Waals surface area contributed by atoms with E-state index in [1.165, 1.54) is 19.4 Å². The molecule has 1 heterocycles. The van der Waals surface area contributed by atoms with E-state index in [-0.39, 0.29) is 10.7 Å². The first-order valence-electron chi connectivity index (χ1n) is 4.94. The molecule has 0 amide bonds. The van der Waals surface area contributed by atoms with Gasteiger partial charge >= 0.3 is 12.1 Å². The number of aromatic nitrogens is 1. The summed E-state index contributed by atoms with van der Waals surface area (Å²) in [6.07, 6.45) is 0.631. The quantitative estimate of drug-likeness (QED) is 0.728. The zero-order chi connectivity index (χ0) is 13.2. The first kappa shape index (κ1) is 13.6. The van der Waals surface area contributed by atoms with Crippen molar-refractivity contribution in [3.05, 3.63) is 23.0 Å². The Kier molecular flexibility index (Phi) is 3.83. The lowest BCUT2D eigenvalue weighted by molar-refractivity contribution is 0.0483. The summed E-state index contributed by atoms with van der Waals surface area (Å²) in [4.78, 5) is 23.2. The van der Waals surface area contributed by atoms with E-state index >= 15 is 0 Å². The van der Waals surface area contributed by atoms with Crippen LogP contribution in [0.15, 0.2) is 12.3 Å². The van der Waals surface area contributed by atoms with Crippen LogP contribution in [0.25, 0.3) is 0 Å². The van der Waals surface area contributed by atoms with Crippen LogP contribution < -0.4 is 0 Å². The van der Waals surface area contributed by atoms with Crippen LogP contribution in [-0.4, -0.2) is 29.3 Å². The van der Waals surface area contributed by atoms with Crippen LogP contribution in [0.2, 0.25) is 5.02 Å². The van der Waals surface area contributed by atoms with Crippen molar-refractivity contribution in [2.24, 2.45) is 0 Å². The Bertz CT molecular complexity index is 445. The Morgan fingerprint density at radius 2 is 1.94 bits per heavy atom. The molecule has 0 spiro atoms. The Morgan fingerprint density at radius 3 is 2.41 bits per heavy atom. The maximum atomic E-state index is 11.8. The highest BCUT2D eigenvalue weighted by molar-refractivity contribution is 6.31. The second-order valence-electron chi connectivity index (χ2n) is 4.39. The fourth-order valence-corrected chi connectivity index (χ4v) is 1.36. The highest BCUT2D eigenvalue weighted by atomic mass is 35.5. The van der Waals surface area contributed by atoms with Crippen LogP contribution in [0.1, 0.15) is 31.3 Å². The average Bonchev–Trinajstić information content (AvgIpc) is 2.56. The summed E-state index contributed by atoms with van der Waals surface area (Å²) in [6, 6.07) is 1.34. The van der Waals surface area contributed by atoms with Gasteiger partial charge in [0, 0.05) is 6.20 Å². The number of methoxy groups -OCH3 is 1. The monoisotopic (exact) mass is 259 g/mol. The molecular weight excluding hydrogens is 246 g/mol. The summed E-state index contributed by atoms with van der Waals surface area (Å²) < 4.78 is 10.7. The van der Waals surface area contributed by atoms with E-state index in [9.17, 15) is 9.59 Å². The van der Waals surface area contributed by atoms with Gasteiger partial charge in [0.05, 0.1) is 12.1 Å². The second kappa shape index (κ2) is 4.79. The largest absolute Gasteiger partial charge is 0.464 e. The van der Waals surface area contributed by atoms with Crippen LogP contribution in [-0.2, 0) is 9.47 Å². The third kappa shape index (κ3) is 3.49. The summed E-state index contributed by atoms with van der Waals surface area (Å²) in [7, 11) is 1.22. The Hall–Kier alpha value is -1.49. The number of carbonyl (C=O) groups is 2. The van der Waals surface area contributed by atoms with Gasteiger partial charge in [-0.1, -0.05) is 11.6 Å². The first-order valence-corrected chi connectivity index (χ1v) is 5.32. The maximum absolute atomic E-state index is 11.8. The van der Waals surface area contributed by atoms with Crippen molar-refractivity contribution in [1.29, 1.82) is 0 Å². The number of rotatable bonds is 1. The molecule has 1 aromatic heterocycles. The minimum Gasteiger partial charge on any atom is -0.464 e. The average molecular weight is 260 g/mol. The fraction of sp³-hybridized carbons (Fsp3) is 0.455. The van der Waals surface area contributed by atoms with E-state index in [1.54, 1.807) is 20.8 Å². The summed E-state index contributed by atoms with van der Waals surface area (Å²) in [5.41, 5.74) is -0.618. The lowest BCUT2D eigenvalue weighted by atomic mass is 10.2. The molecule has 6 heteroatoms. The van der Waals surface area contributed by atoms with Crippen LogP contribution in [0.3, 0.4) is 0 Å². The molecule has 0 atom stereocenters. The Labute approximate surface area is 104 Å². The molecule has 0 N–H and O–H groups in total. The lowest BCUT2D eigenvalue weighted by Gasteiger charge is -2.20. The lowest BCUT2D eigenvalue weighted by Crippen LogP contribution is -2.28. The number of nitrogens with zero attached hydrogens (tertiary/aromatic N) is 1. The number of halogens is 1. The minimum atomic E-state index is -0.676. The number of carbonyl (C=O) groups excluding carboxylic acids is 2. The standard InChI is InChI=1S/C11H14ClNO4/c1-11(2,3)17-10(15)13-6-7(12)5-8(13)9(14)16-4/h5-6H,1-4H3.